The number of ketones is 1. The van der Waals surface area contributed by atoms with Crippen LogP contribution in [0.3, 0.4) is 0 Å². The highest BCUT2D eigenvalue weighted by Gasteiger charge is 2.23. The maximum Gasteiger partial charge on any atom is 0.231 e. The minimum absolute atomic E-state index is 0.0498. The van der Waals surface area contributed by atoms with Crippen LogP contribution in [0.1, 0.15) is 41.0 Å². The third kappa shape index (κ3) is 8.66. The predicted octanol–water partition coefficient (Wildman–Crippen LogP) is 2.14. The van der Waals surface area contributed by atoms with Crippen molar-refractivity contribution in [3.05, 3.63) is 0 Å². The Morgan fingerprint density at radius 3 is 2.20 bits per heavy atom. The summed E-state index contributed by atoms with van der Waals surface area (Å²) in [6.45, 7) is 10.3. The summed E-state index contributed by atoms with van der Waals surface area (Å²) in [5, 5.41) is 4.73. The van der Waals surface area contributed by atoms with Gasteiger partial charge in [0.15, 0.2) is 5.78 Å². The average Bonchev–Trinajstić information content (AvgIpc) is 2.26. The molecule has 0 spiro atoms. The van der Waals surface area contributed by atoms with Crippen LogP contribution in [0.4, 0.5) is 0 Å². The molecule has 0 aromatic rings. The lowest BCUT2D eigenvalue weighted by molar-refractivity contribution is -0.160. The van der Waals surface area contributed by atoms with Crippen LogP contribution in [0.15, 0.2) is 0 Å². The van der Waals surface area contributed by atoms with Gasteiger partial charge in [-0.15, -0.1) is 0 Å². The van der Waals surface area contributed by atoms with E-state index < -0.39 is 0 Å². The summed E-state index contributed by atoms with van der Waals surface area (Å²) in [6, 6.07) is 0. The molecule has 0 aliphatic rings. The number of hydrogen-bond acceptors (Lipinski definition) is 4. The molecular weight excluding hydrogens is 324 g/mol. The molecule has 0 aromatic heterocycles. The van der Waals surface area contributed by atoms with Crippen molar-refractivity contribution in [1.29, 1.82) is 0 Å². The van der Waals surface area contributed by atoms with E-state index in [1.165, 1.54) is 0 Å². The standard InChI is InChI=1S/C14H27BrN2O3/c1-13(2,3)11(18)10-17(6)20-8-7-14(4,5)16-12(19)9-15/h7-10H2,1-6H3,(H,16,19). The van der Waals surface area contributed by atoms with Gasteiger partial charge in [-0.3, -0.25) is 14.4 Å². The molecule has 0 saturated carbocycles. The fourth-order valence-corrected chi connectivity index (χ4v) is 1.56. The van der Waals surface area contributed by atoms with E-state index in [0.29, 0.717) is 13.0 Å². The first-order valence-corrected chi connectivity index (χ1v) is 7.84. The molecule has 1 amide bonds. The molecular formula is C14H27BrN2O3. The van der Waals surface area contributed by atoms with Crippen molar-refractivity contribution in [3.63, 3.8) is 0 Å². The molecule has 6 heteroatoms. The van der Waals surface area contributed by atoms with Crippen molar-refractivity contribution in [2.24, 2.45) is 5.41 Å². The minimum Gasteiger partial charge on any atom is -0.350 e. The third-order valence-electron chi connectivity index (χ3n) is 2.84. The van der Waals surface area contributed by atoms with Gasteiger partial charge in [-0.25, -0.2) is 0 Å². The van der Waals surface area contributed by atoms with Gasteiger partial charge in [-0.2, -0.15) is 5.06 Å². The van der Waals surface area contributed by atoms with Crippen LogP contribution in [-0.4, -0.2) is 47.8 Å². The molecule has 0 heterocycles. The molecule has 0 fully saturated rings. The lowest BCUT2D eigenvalue weighted by atomic mass is 9.91. The van der Waals surface area contributed by atoms with Gasteiger partial charge in [0, 0.05) is 18.0 Å². The Morgan fingerprint density at radius 2 is 1.75 bits per heavy atom. The van der Waals surface area contributed by atoms with Crippen LogP contribution < -0.4 is 5.32 Å². The quantitative estimate of drug-likeness (QED) is 0.538. The number of alkyl halides is 1. The lowest BCUT2D eigenvalue weighted by Gasteiger charge is -2.27. The van der Waals surface area contributed by atoms with Gasteiger partial charge in [0.05, 0.1) is 18.5 Å². The number of hydroxylamine groups is 2. The Hall–Kier alpha value is -0.460. The van der Waals surface area contributed by atoms with Crippen molar-refractivity contribution in [2.45, 2.75) is 46.6 Å². The van der Waals surface area contributed by atoms with Gasteiger partial charge in [-0.1, -0.05) is 36.7 Å². The number of Topliss-reactive ketones (excluding diaryl/α,β-unsaturated/α-hetero) is 1. The fraction of sp³-hybridized carbons (Fsp3) is 0.857. The van der Waals surface area contributed by atoms with Crippen LogP contribution in [0, 0.1) is 5.41 Å². The van der Waals surface area contributed by atoms with Crippen LogP contribution in [0.5, 0.6) is 0 Å². The van der Waals surface area contributed by atoms with Crippen LogP contribution in [0.2, 0.25) is 0 Å². The fourth-order valence-electron chi connectivity index (χ4n) is 1.42. The zero-order valence-corrected chi connectivity index (χ0v) is 15.0. The number of nitrogens with zero attached hydrogens (tertiary/aromatic N) is 1. The largest absolute Gasteiger partial charge is 0.350 e. The number of rotatable bonds is 8. The molecule has 5 nitrogen and oxygen atoms in total. The zero-order chi connectivity index (χ0) is 16.0. The van der Waals surface area contributed by atoms with Crippen molar-refractivity contribution < 1.29 is 14.4 Å². The SMILES string of the molecule is CN(CC(=O)C(C)(C)C)OCCC(C)(C)NC(=O)CBr. The van der Waals surface area contributed by atoms with E-state index in [1.54, 1.807) is 12.1 Å². The second-order valence-electron chi connectivity index (χ2n) is 6.61. The van der Waals surface area contributed by atoms with Gasteiger partial charge < -0.3 is 5.32 Å². The summed E-state index contributed by atoms with van der Waals surface area (Å²) in [4.78, 5) is 28.7. The highest BCUT2D eigenvalue weighted by Crippen LogP contribution is 2.15. The minimum atomic E-state index is -0.360. The van der Waals surface area contributed by atoms with Crippen LogP contribution >= 0.6 is 15.9 Å². The first-order valence-electron chi connectivity index (χ1n) is 6.72. The number of nitrogens with one attached hydrogen (secondary N) is 1. The molecule has 0 bridgehead atoms. The summed E-state index contributed by atoms with van der Waals surface area (Å²) in [5.41, 5.74) is -0.694. The maximum atomic E-state index is 11.8. The molecule has 0 atom stereocenters. The molecule has 0 saturated heterocycles. The van der Waals surface area contributed by atoms with Gasteiger partial charge >= 0.3 is 0 Å². The molecule has 1 N–H and O–H groups in total. The van der Waals surface area contributed by atoms with Crippen molar-refractivity contribution in [1.82, 2.24) is 10.4 Å². The number of amides is 1. The Labute approximate surface area is 130 Å². The topological polar surface area (TPSA) is 58.6 Å². The maximum absolute atomic E-state index is 11.8. The smallest absolute Gasteiger partial charge is 0.231 e. The number of carbonyl (C=O) groups is 2. The van der Waals surface area contributed by atoms with E-state index in [2.05, 4.69) is 21.2 Å². The van der Waals surface area contributed by atoms with E-state index in [1.807, 2.05) is 34.6 Å². The summed E-state index contributed by atoms with van der Waals surface area (Å²) in [6.07, 6.45) is 0.666. The third-order valence-corrected chi connectivity index (χ3v) is 3.35. The zero-order valence-electron chi connectivity index (χ0n) is 13.4. The number of halogens is 1. The van der Waals surface area contributed by atoms with E-state index >= 15 is 0 Å². The van der Waals surface area contributed by atoms with E-state index in [4.69, 9.17) is 4.84 Å². The average molecular weight is 351 g/mol. The number of likely N-dealkylation sites (N-methyl/N-ethyl adjacent to an activating group) is 1. The highest BCUT2D eigenvalue weighted by molar-refractivity contribution is 9.09. The first-order chi connectivity index (χ1) is 8.98. The molecule has 0 radical (unpaired) electrons. The number of carbonyl (C=O) groups excluding carboxylic acids is 2. The van der Waals surface area contributed by atoms with Crippen molar-refractivity contribution >= 4 is 27.6 Å². The molecule has 0 aliphatic carbocycles. The number of hydrogen-bond donors (Lipinski definition) is 1. The molecule has 0 rings (SSSR count). The Morgan fingerprint density at radius 1 is 1.20 bits per heavy atom. The normalized spacial score (nSPS) is 12.6. The predicted molar refractivity (Wildman–Crippen MR) is 83.7 cm³/mol. The van der Waals surface area contributed by atoms with E-state index in [0.717, 1.165) is 0 Å². The summed E-state index contributed by atoms with van der Waals surface area (Å²) in [5.74, 6) is 0.0816. The van der Waals surface area contributed by atoms with Gasteiger partial charge in [0.25, 0.3) is 0 Å². The lowest BCUT2D eigenvalue weighted by Crippen LogP contribution is -2.45. The van der Waals surface area contributed by atoms with E-state index in [-0.39, 0.29) is 34.5 Å². The Kier molecular flexibility index (Phi) is 7.91. The summed E-state index contributed by atoms with van der Waals surface area (Å²) >= 11 is 3.12. The van der Waals surface area contributed by atoms with Crippen molar-refractivity contribution in [3.8, 4) is 0 Å². The summed E-state index contributed by atoms with van der Waals surface area (Å²) < 4.78 is 0. The van der Waals surface area contributed by atoms with Crippen molar-refractivity contribution in [2.75, 3.05) is 25.5 Å². The molecule has 0 aromatic carbocycles. The Bertz CT molecular complexity index is 338. The molecule has 118 valence electrons. The molecule has 20 heavy (non-hydrogen) atoms. The highest BCUT2D eigenvalue weighted by atomic mass is 79.9. The first kappa shape index (κ1) is 19.5. The van der Waals surface area contributed by atoms with Gasteiger partial charge in [0.1, 0.15) is 0 Å². The van der Waals surface area contributed by atoms with Crippen LogP contribution in [-0.2, 0) is 14.4 Å². The second kappa shape index (κ2) is 8.10. The van der Waals surface area contributed by atoms with E-state index in [9.17, 15) is 9.59 Å². The van der Waals surface area contributed by atoms with Gasteiger partial charge in [0.2, 0.25) is 5.91 Å². The summed E-state index contributed by atoms with van der Waals surface area (Å²) in [7, 11) is 1.74. The molecule has 0 unspecified atom stereocenters. The molecule has 0 aliphatic heterocycles. The van der Waals surface area contributed by atoms with Crippen LogP contribution in [0.25, 0.3) is 0 Å². The van der Waals surface area contributed by atoms with Gasteiger partial charge in [-0.05, 0) is 20.3 Å². The monoisotopic (exact) mass is 350 g/mol. The Balaban J connectivity index is 4.05. The second-order valence-corrected chi connectivity index (χ2v) is 7.17.